The molecule has 0 spiro atoms. The van der Waals surface area contributed by atoms with Crippen molar-refractivity contribution >= 4 is 23.6 Å². The summed E-state index contributed by atoms with van der Waals surface area (Å²) in [5.41, 5.74) is 4.86. The summed E-state index contributed by atoms with van der Waals surface area (Å²) < 4.78 is 0. The van der Waals surface area contributed by atoms with Crippen molar-refractivity contribution in [3.63, 3.8) is 0 Å². The molecule has 1 aliphatic rings. The Hall–Kier alpha value is -2.38. The number of aromatic nitrogens is 2. The van der Waals surface area contributed by atoms with Crippen molar-refractivity contribution in [2.45, 2.75) is 6.42 Å². The summed E-state index contributed by atoms with van der Waals surface area (Å²) in [5.74, 6) is -2.22. The first-order chi connectivity index (χ1) is 7.97. The zero-order valence-corrected chi connectivity index (χ0v) is 8.71. The topological polar surface area (TPSA) is 129 Å². The van der Waals surface area contributed by atoms with Gasteiger partial charge in [-0.25, -0.2) is 0 Å². The lowest BCUT2D eigenvalue weighted by atomic mass is 10.1. The molecule has 0 saturated carbocycles. The number of hydrogen-bond donors (Lipinski definition) is 3. The lowest BCUT2D eigenvalue weighted by Crippen LogP contribution is -2.28. The summed E-state index contributed by atoms with van der Waals surface area (Å²) in [7, 11) is 0. The Kier molecular flexibility index (Phi) is 2.54. The van der Waals surface area contributed by atoms with E-state index in [0.29, 0.717) is 0 Å². The van der Waals surface area contributed by atoms with Gasteiger partial charge in [0.1, 0.15) is 5.82 Å². The minimum absolute atomic E-state index is 0.00403. The van der Waals surface area contributed by atoms with Crippen molar-refractivity contribution < 1.29 is 14.7 Å². The van der Waals surface area contributed by atoms with Crippen molar-refractivity contribution in [3.05, 3.63) is 16.4 Å². The maximum atomic E-state index is 11.6. The number of nitrogens with one attached hydrogen (secondary N) is 1. The van der Waals surface area contributed by atoms with Crippen molar-refractivity contribution in [2.24, 2.45) is 5.92 Å². The van der Waals surface area contributed by atoms with Gasteiger partial charge in [-0.05, 0) is 0 Å². The van der Waals surface area contributed by atoms with Crippen LogP contribution in [0.5, 0.6) is 0 Å². The van der Waals surface area contributed by atoms with E-state index in [-0.39, 0.29) is 30.6 Å². The molecule has 2 heterocycles. The Labute approximate surface area is 95.1 Å². The van der Waals surface area contributed by atoms with Gasteiger partial charge in [0, 0.05) is 19.0 Å². The Morgan fingerprint density at radius 2 is 2.29 bits per heavy atom. The number of anilines is 2. The fourth-order valence-electron chi connectivity index (χ4n) is 1.70. The smallest absolute Gasteiger partial charge is 0.308 e. The van der Waals surface area contributed by atoms with Gasteiger partial charge in [-0.15, -0.1) is 0 Å². The molecule has 4 N–H and O–H groups in total. The van der Waals surface area contributed by atoms with Crippen LogP contribution in [0.1, 0.15) is 6.42 Å². The van der Waals surface area contributed by atoms with Crippen molar-refractivity contribution in [2.75, 3.05) is 17.2 Å². The summed E-state index contributed by atoms with van der Waals surface area (Å²) in [4.78, 5) is 40.7. The first-order valence-electron chi connectivity index (χ1n) is 4.87. The zero-order valence-electron chi connectivity index (χ0n) is 8.71. The SMILES string of the molecule is Nc1nc(N2CC(C(=O)O)CC2=O)cc(=O)[nH]1. The minimum atomic E-state index is -1.04. The van der Waals surface area contributed by atoms with Crippen molar-refractivity contribution in [3.8, 4) is 0 Å². The van der Waals surface area contributed by atoms with Gasteiger partial charge in [0.25, 0.3) is 5.56 Å². The fraction of sp³-hybridized carbons (Fsp3) is 0.333. The van der Waals surface area contributed by atoms with Gasteiger partial charge in [0.2, 0.25) is 11.9 Å². The third kappa shape index (κ3) is 2.10. The molecule has 2 rings (SSSR count). The van der Waals surface area contributed by atoms with E-state index in [1.807, 2.05) is 0 Å². The molecule has 1 saturated heterocycles. The van der Waals surface area contributed by atoms with E-state index in [4.69, 9.17) is 10.8 Å². The van der Waals surface area contributed by atoms with Gasteiger partial charge < -0.3 is 10.8 Å². The lowest BCUT2D eigenvalue weighted by Gasteiger charge is -2.14. The first kappa shape index (κ1) is 11.1. The number of nitrogens with zero attached hydrogens (tertiary/aromatic N) is 2. The highest BCUT2D eigenvalue weighted by molar-refractivity contribution is 5.98. The van der Waals surface area contributed by atoms with Gasteiger partial charge in [0.05, 0.1) is 5.92 Å². The van der Waals surface area contributed by atoms with Crippen LogP contribution in [0, 0.1) is 5.92 Å². The number of amides is 1. The number of carbonyl (C=O) groups is 2. The Morgan fingerprint density at radius 1 is 1.59 bits per heavy atom. The molecule has 17 heavy (non-hydrogen) atoms. The van der Waals surface area contributed by atoms with Crippen LogP contribution < -0.4 is 16.2 Å². The molecule has 8 nitrogen and oxygen atoms in total. The number of nitrogen functional groups attached to an aromatic ring is 1. The molecule has 0 aromatic carbocycles. The quantitative estimate of drug-likeness (QED) is 0.592. The fourth-order valence-corrected chi connectivity index (χ4v) is 1.70. The number of carboxylic acids is 1. The molecule has 1 fully saturated rings. The zero-order chi connectivity index (χ0) is 12.6. The number of H-pyrrole nitrogens is 1. The Balaban J connectivity index is 2.32. The molecule has 1 amide bonds. The van der Waals surface area contributed by atoms with Crippen LogP contribution in [-0.2, 0) is 9.59 Å². The van der Waals surface area contributed by atoms with E-state index in [2.05, 4.69) is 9.97 Å². The number of carboxylic acid groups (broad SMARTS) is 1. The number of carbonyl (C=O) groups excluding carboxylic acids is 1. The monoisotopic (exact) mass is 238 g/mol. The summed E-state index contributed by atoms with van der Waals surface area (Å²) in [5, 5.41) is 8.81. The van der Waals surface area contributed by atoms with E-state index in [1.165, 1.54) is 0 Å². The molecule has 0 bridgehead atoms. The van der Waals surface area contributed by atoms with Crippen LogP contribution in [0.4, 0.5) is 11.8 Å². The van der Waals surface area contributed by atoms with E-state index in [1.54, 1.807) is 0 Å². The molecular weight excluding hydrogens is 228 g/mol. The van der Waals surface area contributed by atoms with Gasteiger partial charge >= 0.3 is 5.97 Å². The third-order valence-corrected chi connectivity index (χ3v) is 2.50. The first-order valence-corrected chi connectivity index (χ1v) is 4.87. The van der Waals surface area contributed by atoms with E-state index in [9.17, 15) is 14.4 Å². The molecule has 1 aromatic rings. The average molecular weight is 238 g/mol. The molecule has 1 aliphatic heterocycles. The van der Waals surface area contributed by atoms with Crippen LogP contribution in [0.25, 0.3) is 0 Å². The Bertz CT molecular complexity index is 538. The van der Waals surface area contributed by atoms with Crippen LogP contribution >= 0.6 is 0 Å². The maximum absolute atomic E-state index is 11.6. The molecule has 90 valence electrons. The lowest BCUT2D eigenvalue weighted by molar-refractivity contribution is -0.141. The number of aliphatic carboxylic acids is 1. The molecule has 0 aliphatic carbocycles. The average Bonchev–Trinajstić information content (AvgIpc) is 2.59. The van der Waals surface area contributed by atoms with Gasteiger partial charge in [0.15, 0.2) is 0 Å². The van der Waals surface area contributed by atoms with Gasteiger partial charge in [-0.3, -0.25) is 24.3 Å². The summed E-state index contributed by atoms with van der Waals surface area (Å²) in [6.07, 6.45) is -0.0935. The standard InChI is InChI=1S/C9H10N4O4/c10-9-11-5(2-6(14)12-9)13-3-4(8(16)17)1-7(13)15/h2,4H,1,3H2,(H,16,17)(H3,10,11,12,14). The third-order valence-electron chi connectivity index (χ3n) is 2.50. The predicted molar refractivity (Wildman–Crippen MR) is 57.4 cm³/mol. The number of rotatable bonds is 2. The summed E-state index contributed by atoms with van der Waals surface area (Å²) >= 11 is 0. The van der Waals surface area contributed by atoms with E-state index < -0.39 is 17.4 Å². The Morgan fingerprint density at radius 3 is 2.82 bits per heavy atom. The highest BCUT2D eigenvalue weighted by Crippen LogP contribution is 2.22. The molecule has 1 aromatic heterocycles. The summed E-state index contributed by atoms with van der Waals surface area (Å²) in [6, 6.07) is 1.11. The van der Waals surface area contributed by atoms with Crippen LogP contribution in [0.2, 0.25) is 0 Å². The molecule has 0 radical (unpaired) electrons. The molecular formula is C9H10N4O4. The highest BCUT2D eigenvalue weighted by Gasteiger charge is 2.35. The van der Waals surface area contributed by atoms with E-state index in [0.717, 1.165) is 11.0 Å². The second kappa shape index (κ2) is 3.89. The summed E-state index contributed by atoms with van der Waals surface area (Å²) in [6.45, 7) is 0.00403. The second-order valence-corrected chi connectivity index (χ2v) is 3.73. The van der Waals surface area contributed by atoms with E-state index >= 15 is 0 Å². The van der Waals surface area contributed by atoms with Crippen LogP contribution in [-0.4, -0.2) is 33.5 Å². The number of hydrogen-bond acceptors (Lipinski definition) is 5. The number of aromatic amines is 1. The largest absolute Gasteiger partial charge is 0.481 e. The minimum Gasteiger partial charge on any atom is -0.481 e. The number of nitrogens with two attached hydrogens (primary N) is 1. The van der Waals surface area contributed by atoms with Crippen LogP contribution in [0.3, 0.4) is 0 Å². The molecule has 1 atom stereocenters. The van der Waals surface area contributed by atoms with Gasteiger partial charge in [-0.2, -0.15) is 4.98 Å². The van der Waals surface area contributed by atoms with Gasteiger partial charge in [-0.1, -0.05) is 0 Å². The highest BCUT2D eigenvalue weighted by atomic mass is 16.4. The molecule has 8 heteroatoms. The van der Waals surface area contributed by atoms with Crippen LogP contribution in [0.15, 0.2) is 10.9 Å². The predicted octanol–water partition coefficient (Wildman–Crippen LogP) is -1.21. The van der Waals surface area contributed by atoms with Crippen molar-refractivity contribution in [1.82, 2.24) is 9.97 Å². The second-order valence-electron chi connectivity index (χ2n) is 3.73. The molecule has 1 unspecified atom stereocenters. The van der Waals surface area contributed by atoms with Crippen molar-refractivity contribution in [1.29, 1.82) is 0 Å². The maximum Gasteiger partial charge on any atom is 0.308 e. The normalized spacial score (nSPS) is 19.6.